The van der Waals surface area contributed by atoms with Gasteiger partial charge in [0.1, 0.15) is 12.7 Å². The Morgan fingerprint density at radius 3 is 2.69 bits per heavy atom. The van der Waals surface area contributed by atoms with E-state index in [0.29, 0.717) is 18.4 Å². The molecular weight excluding hydrogens is 328 g/mol. The number of hydrogen-bond donors (Lipinski definition) is 2. The van der Waals surface area contributed by atoms with E-state index < -0.39 is 0 Å². The standard InChI is InChI=1S/C19H26N6O/c1-12-16(13(2)24-23-12)8-21-17(26)18-4-14-3-15(5-18)7-19(6-14,9-18)25-11-20-10-22-25/h10-11,14-15H,3-9H2,1-2H3,(H,21,26)(H,23,24)/t14-,15+,18?,19?. The van der Waals surface area contributed by atoms with Gasteiger partial charge in [0, 0.05) is 17.8 Å². The normalized spacial score (nSPS) is 35.0. The molecule has 4 aliphatic carbocycles. The molecule has 2 N–H and O–H groups in total. The Hall–Kier alpha value is -2.18. The summed E-state index contributed by atoms with van der Waals surface area (Å²) in [5, 5.41) is 14.9. The highest BCUT2D eigenvalue weighted by atomic mass is 16.2. The van der Waals surface area contributed by atoms with Gasteiger partial charge in [-0.25, -0.2) is 9.67 Å². The highest BCUT2D eigenvalue weighted by Gasteiger charge is 2.61. The highest BCUT2D eigenvalue weighted by Crippen LogP contribution is 2.64. The Kier molecular flexibility index (Phi) is 3.33. The first-order valence-corrected chi connectivity index (χ1v) is 9.64. The maximum atomic E-state index is 13.3. The molecule has 0 aliphatic heterocycles. The van der Waals surface area contributed by atoms with Gasteiger partial charge in [0.25, 0.3) is 0 Å². The van der Waals surface area contributed by atoms with E-state index in [9.17, 15) is 4.79 Å². The first kappa shape index (κ1) is 16.0. The monoisotopic (exact) mass is 354 g/mol. The van der Waals surface area contributed by atoms with Crippen LogP contribution in [0.15, 0.2) is 12.7 Å². The van der Waals surface area contributed by atoms with Gasteiger partial charge >= 0.3 is 0 Å². The first-order chi connectivity index (χ1) is 12.5. The summed E-state index contributed by atoms with van der Waals surface area (Å²) < 4.78 is 2.05. The molecule has 1 amide bonds. The maximum absolute atomic E-state index is 13.3. The second-order valence-corrected chi connectivity index (χ2v) is 8.90. The molecule has 7 heteroatoms. The van der Waals surface area contributed by atoms with Gasteiger partial charge in [-0.2, -0.15) is 10.2 Å². The number of rotatable bonds is 4. The van der Waals surface area contributed by atoms with Crippen molar-refractivity contribution < 1.29 is 4.79 Å². The number of amides is 1. The highest BCUT2D eigenvalue weighted by molar-refractivity contribution is 5.83. The summed E-state index contributed by atoms with van der Waals surface area (Å²) in [5.74, 6) is 1.48. The minimum absolute atomic E-state index is 0.0145. The van der Waals surface area contributed by atoms with Crippen molar-refractivity contribution in [2.45, 2.75) is 64.5 Å². The largest absolute Gasteiger partial charge is 0.351 e. The number of carbonyl (C=O) groups is 1. The third-order valence-electron chi connectivity index (χ3n) is 7.12. The van der Waals surface area contributed by atoms with Crippen LogP contribution in [0, 0.1) is 31.1 Å². The smallest absolute Gasteiger partial charge is 0.226 e. The molecule has 6 rings (SSSR count). The number of carbonyl (C=O) groups excluding carboxylic acids is 1. The van der Waals surface area contributed by atoms with Crippen LogP contribution in [0.2, 0.25) is 0 Å². The van der Waals surface area contributed by atoms with Crippen LogP contribution in [0.5, 0.6) is 0 Å². The lowest BCUT2D eigenvalue weighted by atomic mass is 9.46. The van der Waals surface area contributed by atoms with E-state index in [1.54, 1.807) is 6.33 Å². The lowest BCUT2D eigenvalue weighted by Crippen LogP contribution is -2.61. The zero-order chi connectivity index (χ0) is 17.9. The molecule has 2 aromatic heterocycles. The minimum atomic E-state index is -0.248. The summed E-state index contributed by atoms with van der Waals surface area (Å²) in [6.07, 6.45) is 9.96. The summed E-state index contributed by atoms with van der Waals surface area (Å²) in [7, 11) is 0. The van der Waals surface area contributed by atoms with Crippen molar-refractivity contribution in [3.05, 3.63) is 29.6 Å². The van der Waals surface area contributed by atoms with Gasteiger partial charge in [-0.1, -0.05) is 0 Å². The molecule has 2 aromatic rings. The Balaban J connectivity index is 1.40. The van der Waals surface area contributed by atoms with Gasteiger partial charge in [0.05, 0.1) is 16.6 Å². The predicted molar refractivity (Wildman–Crippen MR) is 95.0 cm³/mol. The van der Waals surface area contributed by atoms with E-state index in [-0.39, 0.29) is 16.9 Å². The Morgan fingerprint density at radius 1 is 1.31 bits per heavy atom. The van der Waals surface area contributed by atoms with Gasteiger partial charge in [-0.15, -0.1) is 0 Å². The molecule has 2 unspecified atom stereocenters. The quantitative estimate of drug-likeness (QED) is 0.881. The van der Waals surface area contributed by atoms with Crippen LogP contribution >= 0.6 is 0 Å². The van der Waals surface area contributed by atoms with E-state index in [4.69, 9.17) is 0 Å². The number of aromatic amines is 1. The SMILES string of the molecule is Cc1n[nH]c(C)c1CNC(=O)C12C[C@H]3C[C@@H](C1)CC(n1cncn1)(C3)C2. The molecule has 0 spiro atoms. The fraction of sp³-hybridized carbons (Fsp3) is 0.684. The van der Waals surface area contributed by atoms with E-state index in [1.807, 2.05) is 20.2 Å². The molecule has 4 aliphatic rings. The molecule has 138 valence electrons. The van der Waals surface area contributed by atoms with Crippen molar-refractivity contribution in [2.75, 3.05) is 0 Å². The molecule has 7 nitrogen and oxygen atoms in total. The van der Waals surface area contributed by atoms with Gasteiger partial charge in [0.15, 0.2) is 0 Å². The number of nitrogens with zero attached hydrogens (tertiary/aromatic N) is 4. The van der Waals surface area contributed by atoms with Gasteiger partial charge in [-0.05, 0) is 64.2 Å². The lowest BCUT2D eigenvalue weighted by Gasteiger charge is -2.60. The van der Waals surface area contributed by atoms with Crippen molar-refractivity contribution in [2.24, 2.45) is 17.3 Å². The Bertz CT molecular complexity index is 805. The van der Waals surface area contributed by atoms with Crippen LogP contribution in [0.25, 0.3) is 0 Å². The maximum Gasteiger partial charge on any atom is 0.226 e. The first-order valence-electron chi connectivity index (χ1n) is 9.64. The number of H-pyrrole nitrogens is 1. The summed E-state index contributed by atoms with van der Waals surface area (Å²) in [6.45, 7) is 4.54. The van der Waals surface area contributed by atoms with E-state index in [2.05, 4.69) is 30.3 Å². The summed E-state index contributed by atoms with van der Waals surface area (Å²) in [6, 6.07) is 0. The fourth-order valence-corrected chi connectivity index (χ4v) is 6.39. The molecule has 0 saturated heterocycles. The van der Waals surface area contributed by atoms with Gasteiger partial charge < -0.3 is 5.32 Å². The van der Waals surface area contributed by atoms with Gasteiger partial charge in [-0.3, -0.25) is 9.89 Å². The molecule has 4 fully saturated rings. The molecule has 4 atom stereocenters. The zero-order valence-corrected chi connectivity index (χ0v) is 15.5. The third kappa shape index (κ3) is 2.25. The average Bonchev–Trinajstić information content (AvgIpc) is 3.23. The molecule has 26 heavy (non-hydrogen) atoms. The van der Waals surface area contributed by atoms with Crippen LogP contribution in [0.1, 0.15) is 55.5 Å². The molecule has 4 bridgehead atoms. The topological polar surface area (TPSA) is 88.5 Å². The summed E-state index contributed by atoms with van der Waals surface area (Å²) in [4.78, 5) is 17.5. The second kappa shape index (κ2) is 5.41. The number of aryl methyl sites for hydroxylation is 2. The van der Waals surface area contributed by atoms with E-state index in [0.717, 1.165) is 49.1 Å². The van der Waals surface area contributed by atoms with Crippen molar-refractivity contribution in [3.63, 3.8) is 0 Å². The van der Waals surface area contributed by atoms with Crippen molar-refractivity contribution in [1.29, 1.82) is 0 Å². The number of hydrogen-bond acceptors (Lipinski definition) is 4. The molecule has 4 saturated carbocycles. The average molecular weight is 354 g/mol. The van der Waals surface area contributed by atoms with Crippen LogP contribution in [0.3, 0.4) is 0 Å². The minimum Gasteiger partial charge on any atom is -0.351 e. The predicted octanol–water partition coefficient (Wildman–Crippen LogP) is 2.23. The Morgan fingerprint density at radius 2 is 2.08 bits per heavy atom. The van der Waals surface area contributed by atoms with E-state index in [1.165, 1.54) is 6.42 Å². The van der Waals surface area contributed by atoms with Crippen molar-refractivity contribution in [1.82, 2.24) is 30.3 Å². The van der Waals surface area contributed by atoms with Crippen LogP contribution in [-0.2, 0) is 16.9 Å². The summed E-state index contributed by atoms with van der Waals surface area (Å²) in [5.41, 5.74) is 2.84. The zero-order valence-electron chi connectivity index (χ0n) is 15.5. The third-order valence-corrected chi connectivity index (χ3v) is 7.12. The van der Waals surface area contributed by atoms with Crippen LogP contribution in [0.4, 0.5) is 0 Å². The van der Waals surface area contributed by atoms with Crippen molar-refractivity contribution in [3.8, 4) is 0 Å². The Labute approximate surface area is 153 Å². The molecule has 0 aromatic carbocycles. The molecule has 2 heterocycles. The summed E-state index contributed by atoms with van der Waals surface area (Å²) >= 11 is 0. The number of aromatic nitrogens is 5. The second-order valence-electron chi connectivity index (χ2n) is 8.90. The molecule has 0 radical (unpaired) electrons. The van der Waals surface area contributed by atoms with Crippen LogP contribution < -0.4 is 5.32 Å². The lowest BCUT2D eigenvalue weighted by molar-refractivity contribution is -0.156. The fourth-order valence-electron chi connectivity index (χ4n) is 6.39. The van der Waals surface area contributed by atoms with Crippen molar-refractivity contribution >= 4 is 5.91 Å². The number of nitrogens with one attached hydrogen (secondary N) is 2. The van der Waals surface area contributed by atoms with E-state index >= 15 is 0 Å². The molecular formula is C19H26N6O. The van der Waals surface area contributed by atoms with Gasteiger partial charge in [0.2, 0.25) is 5.91 Å². The van der Waals surface area contributed by atoms with Crippen LogP contribution in [-0.4, -0.2) is 30.9 Å².